The summed E-state index contributed by atoms with van der Waals surface area (Å²) in [5, 5.41) is 8.47. The van der Waals surface area contributed by atoms with Gasteiger partial charge in [0.15, 0.2) is 11.6 Å². The average molecular weight is 496 g/mol. The summed E-state index contributed by atoms with van der Waals surface area (Å²) in [4.78, 5) is 24.7. The highest BCUT2D eigenvalue weighted by molar-refractivity contribution is 6.03. The Hall–Kier alpha value is -3.56. The Morgan fingerprint density at radius 3 is 2.42 bits per heavy atom. The molecule has 4 aliphatic carbocycles. The lowest BCUT2D eigenvalue weighted by molar-refractivity contribution is -0.129. The van der Waals surface area contributed by atoms with Gasteiger partial charge >= 0.3 is 0 Å². The van der Waals surface area contributed by atoms with Crippen LogP contribution in [-0.4, -0.2) is 26.6 Å². The second kappa shape index (κ2) is 7.24. The lowest BCUT2D eigenvalue weighted by Gasteiger charge is -2.68. The van der Waals surface area contributed by atoms with Crippen molar-refractivity contribution in [2.75, 3.05) is 5.73 Å². The number of nitrogens with two attached hydrogens (primary N) is 2. The van der Waals surface area contributed by atoms with Gasteiger partial charge in [0.1, 0.15) is 28.6 Å². The standard InChI is InChI=1S/C26H27F2N5O3/c1-24-10-26(11-24,12-24)17-9-15(36-32-17)8-14(34)7-13-3-4-16(20(28)19(13)27)21-18(23(30)35)22(29)33(31-21)25(2)5-6-25/h3-4,9H,5-8,10-12,29H2,1-2H3,(H2,30,35). The van der Waals surface area contributed by atoms with Gasteiger partial charge in [-0.3, -0.25) is 9.59 Å². The Kier molecular flexibility index (Phi) is 4.60. The van der Waals surface area contributed by atoms with Gasteiger partial charge in [-0.25, -0.2) is 13.5 Å². The highest BCUT2D eigenvalue weighted by atomic mass is 19.2. The van der Waals surface area contributed by atoms with E-state index in [1.807, 2.05) is 13.0 Å². The van der Waals surface area contributed by atoms with E-state index in [9.17, 15) is 9.59 Å². The topological polar surface area (TPSA) is 130 Å². The fraction of sp³-hybridized carbons (Fsp3) is 0.462. The number of nitrogens with zero attached hydrogens (tertiary/aromatic N) is 3. The summed E-state index contributed by atoms with van der Waals surface area (Å²) in [6.45, 7) is 4.16. The van der Waals surface area contributed by atoms with Gasteiger partial charge in [0.2, 0.25) is 0 Å². The summed E-state index contributed by atoms with van der Waals surface area (Å²) in [5.74, 6) is -3.16. The molecule has 0 atom stereocenters. The third-order valence-electron chi connectivity index (χ3n) is 8.23. The van der Waals surface area contributed by atoms with Gasteiger partial charge in [-0.2, -0.15) is 5.10 Å². The molecule has 0 spiro atoms. The minimum Gasteiger partial charge on any atom is -0.383 e. The van der Waals surface area contributed by atoms with Crippen LogP contribution in [0.3, 0.4) is 0 Å². The predicted octanol–water partition coefficient (Wildman–Crippen LogP) is 3.80. The maximum atomic E-state index is 15.2. The van der Waals surface area contributed by atoms with Gasteiger partial charge in [-0.1, -0.05) is 18.1 Å². The van der Waals surface area contributed by atoms with Gasteiger partial charge < -0.3 is 16.0 Å². The number of benzene rings is 1. The molecule has 4 fully saturated rings. The first-order valence-corrected chi connectivity index (χ1v) is 12.1. The minimum atomic E-state index is -1.22. The monoisotopic (exact) mass is 495 g/mol. The van der Waals surface area contributed by atoms with E-state index >= 15 is 8.78 Å². The van der Waals surface area contributed by atoms with E-state index < -0.39 is 17.5 Å². The van der Waals surface area contributed by atoms with Crippen molar-refractivity contribution in [1.82, 2.24) is 14.9 Å². The van der Waals surface area contributed by atoms with Gasteiger partial charge in [0, 0.05) is 23.5 Å². The number of carbonyl (C=O) groups is 2. The maximum Gasteiger partial charge on any atom is 0.254 e. The van der Waals surface area contributed by atoms with Crippen molar-refractivity contribution in [3.05, 3.63) is 52.4 Å². The van der Waals surface area contributed by atoms with Crippen LogP contribution in [0.1, 0.15) is 73.3 Å². The molecule has 0 saturated heterocycles. The predicted molar refractivity (Wildman–Crippen MR) is 126 cm³/mol. The maximum absolute atomic E-state index is 15.2. The SMILES string of the molecule is CC12CC(c3cc(CC(=O)Cc4ccc(-c5nn(C6(C)CC6)c(N)c5C(N)=O)c(F)c4F)on3)(C1)C2. The van der Waals surface area contributed by atoms with E-state index in [4.69, 9.17) is 16.0 Å². The molecule has 0 unspecified atom stereocenters. The van der Waals surface area contributed by atoms with Crippen molar-refractivity contribution < 1.29 is 22.9 Å². The first kappa shape index (κ1) is 22.9. The Labute approximate surface area is 206 Å². The number of ketones is 1. The fourth-order valence-electron chi connectivity index (χ4n) is 6.26. The summed E-state index contributed by atoms with van der Waals surface area (Å²) >= 11 is 0. The van der Waals surface area contributed by atoms with Crippen LogP contribution in [-0.2, 0) is 28.6 Å². The van der Waals surface area contributed by atoms with Crippen LogP contribution in [0, 0.1) is 17.0 Å². The molecule has 4 saturated carbocycles. The Morgan fingerprint density at radius 1 is 1.11 bits per heavy atom. The molecule has 36 heavy (non-hydrogen) atoms. The zero-order valence-electron chi connectivity index (χ0n) is 20.2. The van der Waals surface area contributed by atoms with Crippen LogP contribution in [0.15, 0.2) is 22.7 Å². The van der Waals surface area contributed by atoms with E-state index in [-0.39, 0.29) is 57.8 Å². The summed E-state index contributed by atoms with van der Waals surface area (Å²) < 4.78 is 37.0. The largest absolute Gasteiger partial charge is 0.383 e. The van der Waals surface area contributed by atoms with E-state index in [0.29, 0.717) is 11.2 Å². The molecule has 1 aromatic carbocycles. The second-order valence-electron chi connectivity index (χ2n) is 11.5. The minimum absolute atomic E-state index is 0.0240. The highest BCUT2D eigenvalue weighted by Gasteiger charge is 2.66. The quantitative estimate of drug-likeness (QED) is 0.489. The van der Waals surface area contributed by atoms with E-state index in [2.05, 4.69) is 17.2 Å². The van der Waals surface area contributed by atoms with Crippen molar-refractivity contribution in [2.24, 2.45) is 11.1 Å². The molecular weight excluding hydrogens is 468 g/mol. The molecule has 2 aromatic heterocycles. The Morgan fingerprint density at radius 2 is 1.81 bits per heavy atom. The number of halogens is 2. The number of primary amides is 1. The van der Waals surface area contributed by atoms with Gasteiger partial charge in [0.05, 0.1) is 17.7 Å². The third kappa shape index (κ3) is 3.30. The summed E-state index contributed by atoms with van der Waals surface area (Å²) in [6, 6.07) is 4.42. The number of Topliss-reactive ketones (excluding diaryl/α,β-unsaturated/α-hetero) is 1. The molecule has 188 valence electrons. The van der Waals surface area contributed by atoms with Crippen molar-refractivity contribution in [2.45, 2.75) is 69.7 Å². The molecule has 7 rings (SSSR count). The number of hydrogen-bond acceptors (Lipinski definition) is 6. The first-order chi connectivity index (χ1) is 16.9. The lowest BCUT2D eigenvalue weighted by Crippen LogP contribution is -2.63. The molecule has 3 aromatic rings. The number of amides is 1. The molecular formula is C26H27F2N5O3. The normalized spacial score (nSPS) is 25.2. The second-order valence-corrected chi connectivity index (χ2v) is 11.5. The van der Waals surface area contributed by atoms with Gasteiger partial charge in [-0.15, -0.1) is 0 Å². The number of hydrogen-bond donors (Lipinski definition) is 2. The molecule has 4 aliphatic rings. The molecule has 8 nitrogen and oxygen atoms in total. The van der Waals surface area contributed by atoms with Crippen molar-refractivity contribution in [3.63, 3.8) is 0 Å². The lowest BCUT2D eigenvalue weighted by atomic mass is 9.35. The van der Waals surface area contributed by atoms with Crippen LogP contribution >= 0.6 is 0 Å². The fourth-order valence-corrected chi connectivity index (χ4v) is 6.26. The van der Waals surface area contributed by atoms with E-state index in [1.54, 1.807) is 0 Å². The number of aromatic nitrogens is 3. The molecule has 0 radical (unpaired) electrons. The molecule has 4 N–H and O–H groups in total. The van der Waals surface area contributed by atoms with Gasteiger partial charge in [0.25, 0.3) is 5.91 Å². The molecule has 2 bridgehead atoms. The molecule has 0 aliphatic heterocycles. The van der Waals surface area contributed by atoms with E-state index in [0.717, 1.165) is 37.8 Å². The van der Waals surface area contributed by atoms with Crippen molar-refractivity contribution in [1.29, 1.82) is 0 Å². The molecule has 2 heterocycles. The van der Waals surface area contributed by atoms with Crippen LogP contribution in [0.5, 0.6) is 0 Å². The van der Waals surface area contributed by atoms with Crippen LogP contribution in [0.25, 0.3) is 11.3 Å². The number of nitrogen functional groups attached to an aromatic ring is 1. The van der Waals surface area contributed by atoms with Crippen molar-refractivity contribution >= 4 is 17.5 Å². The smallest absolute Gasteiger partial charge is 0.254 e. The van der Waals surface area contributed by atoms with Gasteiger partial charge in [-0.05, 0) is 56.1 Å². The summed E-state index contributed by atoms with van der Waals surface area (Å²) in [7, 11) is 0. The van der Waals surface area contributed by atoms with Crippen molar-refractivity contribution in [3.8, 4) is 11.3 Å². The summed E-state index contributed by atoms with van der Waals surface area (Å²) in [6.07, 6.45) is 4.45. The highest BCUT2D eigenvalue weighted by Crippen LogP contribution is 2.73. The van der Waals surface area contributed by atoms with E-state index in [1.165, 1.54) is 16.8 Å². The number of anilines is 1. The zero-order chi connectivity index (χ0) is 25.6. The molecule has 1 amide bonds. The Balaban J connectivity index is 1.22. The summed E-state index contributed by atoms with van der Waals surface area (Å²) in [5.41, 5.74) is 12.0. The van der Waals surface area contributed by atoms with Crippen LogP contribution in [0.4, 0.5) is 14.6 Å². The first-order valence-electron chi connectivity index (χ1n) is 12.1. The molecule has 10 heteroatoms. The Bertz CT molecular complexity index is 1430. The number of rotatable bonds is 8. The van der Waals surface area contributed by atoms with Crippen LogP contribution in [0.2, 0.25) is 0 Å². The van der Waals surface area contributed by atoms with Crippen LogP contribution < -0.4 is 11.5 Å². The third-order valence-corrected chi connectivity index (χ3v) is 8.23. The number of carbonyl (C=O) groups excluding carboxylic acids is 2. The zero-order valence-corrected chi connectivity index (χ0v) is 20.2. The average Bonchev–Trinajstić information content (AvgIpc) is 3.18.